The maximum atomic E-state index is 12.8. The van der Waals surface area contributed by atoms with E-state index in [4.69, 9.17) is 20.3 Å². The van der Waals surface area contributed by atoms with Crippen LogP contribution in [-0.2, 0) is 13.6 Å². The zero-order chi connectivity index (χ0) is 17.8. The molecule has 0 atom stereocenters. The van der Waals surface area contributed by atoms with Crippen LogP contribution < -0.4 is 0 Å². The lowest BCUT2D eigenvalue weighted by molar-refractivity contribution is 0.0998. The van der Waals surface area contributed by atoms with Gasteiger partial charge in [0.05, 0.1) is 12.2 Å². The minimum atomic E-state index is -3.47. The van der Waals surface area contributed by atoms with Crippen LogP contribution in [0.2, 0.25) is 0 Å². The predicted molar refractivity (Wildman–Crippen MR) is 106 cm³/mol. The van der Waals surface area contributed by atoms with Crippen LogP contribution in [-0.4, -0.2) is 12.2 Å². The summed E-state index contributed by atoms with van der Waals surface area (Å²) in [6, 6.07) is 0. The molecule has 0 saturated heterocycles. The molecule has 0 aliphatic heterocycles. The third-order valence-corrected chi connectivity index (χ3v) is 7.23. The highest BCUT2D eigenvalue weighted by Crippen LogP contribution is 2.57. The summed E-state index contributed by atoms with van der Waals surface area (Å²) in [4.78, 5) is 0. The molecule has 5 heteroatoms. The topological polar surface area (TPSA) is 35.5 Å². The second kappa shape index (κ2) is 12.8. The van der Waals surface area contributed by atoms with Gasteiger partial charge in [0.1, 0.15) is 0 Å². The first-order valence-electron chi connectivity index (χ1n) is 10.8. The van der Waals surface area contributed by atoms with Gasteiger partial charge in [-0.3, -0.25) is 9.05 Å². The molecule has 0 aromatic heterocycles. The van der Waals surface area contributed by atoms with Gasteiger partial charge in [0.2, 0.25) is 0 Å². The molecule has 2 saturated carbocycles. The highest BCUT2D eigenvalue weighted by atomic mass is 35.7. The maximum Gasteiger partial charge on any atom is 0.424 e. The van der Waals surface area contributed by atoms with Crippen molar-refractivity contribution in [2.24, 2.45) is 0 Å². The molecular formula is C20H38ClO3P. The summed E-state index contributed by atoms with van der Waals surface area (Å²) in [5.41, 5.74) is 0. The Morgan fingerprint density at radius 1 is 0.520 bits per heavy atom. The van der Waals surface area contributed by atoms with Crippen molar-refractivity contribution in [1.82, 2.24) is 0 Å². The first kappa shape index (κ1) is 21.7. The Kier molecular flexibility index (Phi) is 11.1. The van der Waals surface area contributed by atoms with E-state index in [0.717, 1.165) is 51.4 Å². The number of rotatable bonds is 4. The minimum Gasteiger partial charge on any atom is -0.294 e. The Morgan fingerprint density at radius 2 is 0.760 bits per heavy atom. The normalized spacial score (nSPS) is 24.7. The fourth-order valence-electron chi connectivity index (χ4n) is 4.14. The van der Waals surface area contributed by atoms with Crippen molar-refractivity contribution >= 4 is 18.2 Å². The monoisotopic (exact) mass is 392 g/mol. The zero-order valence-corrected chi connectivity index (χ0v) is 17.6. The third kappa shape index (κ3) is 10.4. The van der Waals surface area contributed by atoms with E-state index >= 15 is 0 Å². The molecule has 0 unspecified atom stereocenters. The molecule has 0 aromatic rings. The molecule has 25 heavy (non-hydrogen) atoms. The van der Waals surface area contributed by atoms with E-state index in [1.165, 1.54) is 64.2 Å². The van der Waals surface area contributed by atoms with Crippen LogP contribution in [0.25, 0.3) is 0 Å². The van der Waals surface area contributed by atoms with Crippen molar-refractivity contribution in [2.45, 2.75) is 128 Å². The summed E-state index contributed by atoms with van der Waals surface area (Å²) in [5.74, 6) is 0. The van der Waals surface area contributed by atoms with E-state index in [2.05, 4.69) is 0 Å². The van der Waals surface area contributed by atoms with E-state index in [1.54, 1.807) is 0 Å². The molecule has 148 valence electrons. The smallest absolute Gasteiger partial charge is 0.294 e. The van der Waals surface area contributed by atoms with Crippen LogP contribution in [0.5, 0.6) is 0 Å². The molecule has 2 fully saturated rings. The second-order valence-electron chi connectivity index (χ2n) is 7.99. The number of halogens is 1. The van der Waals surface area contributed by atoms with Crippen LogP contribution in [0.1, 0.15) is 116 Å². The van der Waals surface area contributed by atoms with E-state index in [1.807, 2.05) is 0 Å². The van der Waals surface area contributed by atoms with Crippen LogP contribution >= 0.6 is 18.2 Å². The fourth-order valence-corrected chi connectivity index (χ4v) is 6.00. The quantitative estimate of drug-likeness (QED) is 0.452. The Balaban J connectivity index is 1.81. The van der Waals surface area contributed by atoms with Crippen molar-refractivity contribution in [1.29, 1.82) is 0 Å². The van der Waals surface area contributed by atoms with E-state index < -0.39 is 6.95 Å². The number of hydrogen-bond acceptors (Lipinski definition) is 3. The van der Waals surface area contributed by atoms with Gasteiger partial charge in [-0.1, -0.05) is 89.9 Å². The average Bonchev–Trinajstić information content (AvgIpc) is 2.59. The van der Waals surface area contributed by atoms with Crippen molar-refractivity contribution in [3.8, 4) is 0 Å². The molecule has 0 spiro atoms. The zero-order valence-electron chi connectivity index (χ0n) is 15.9. The van der Waals surface area contributed by atoms with Gasteiger partial charge in [0, 0.05) is 11.2 Å². The molecule has 0 bridgehead atoms. The second-order valence-corrected chi connectivity index (χ2v) is 10.5. The fraction of sp³-hybridized carbons (Fsp3) is 1.00. The predicted octanol–water partition coefficient (Wildman–Crippen LogP) is 8.15. The Hall–Kier alpha value is 0.440. The first-order valence-corrected chi connectivity index (χ1v) is 13.3. The van der Waals surface area contributed by atoms with Gasteiger partial charge in [0.25, 0.3) is 0 Å². The average molecular weight is 393 g/mol. The van der Waals surface area contributed by atoms with Gasteiger partial charge >= 0.3 is 6.95 Å². The summed E-state index contributed by atoms with van der Waals surface area (Å²) in [6.45, 7) is -3.47. The van der Waals surface area contributed by atoms with E-state index in [9.17, 15) is 4.57 Å². The Labute approximate surface area is 159 Å². The SMILES string of the molecule is O=P(Cl)(OC1CCCCCCCCC1)OC1CCCCCCCCC1. The molecule has 2 aliphatic carbocycles. The Bertz CT molecular complexity index is 339. The van der Waals surface area contributed by atoms with Crippen molar-refractivity contribution < 1.29 is 13.6 Å². The molecule has 0 aromatic carbocycles. The van der Waals surface area contributed by atoms with Crippen LogP contribution in [0.15, 0.2) is 0 Å². The van der Waals surface area contributed by atoms with Crippen molar-refractivity contribution in [2.75, 3.05) is 0 Å². The lowest BCUT2D eigenvalue weighted by Crippen LogP contribution is -2.16. The van der Waals surface area contributed by atoms with E-state index in [0.29, 0.717) is 0 Å². The molecule has 3 nitrogen and oxygen atoms in total. The van der Waals surface area contributed by atoms with Gasteiger partial charge < -0.3 is 0 Å². The first-order chi connectivity index (χ1) is 12.2. The Morgan fingerprint density at radius 3 is 1.04 bits per heavy atom. The third-order valence-electron chi connectivity index (χ3n) is 5.65. The van der Waals surface area contributed by atoms with Gasteiger partial charge in [-0.25, -0.2) is 4.57 Å². The summed E-state index contributed by atoms with van der Waals surface area (Å²) < 4.78 is 24.5. The summed E-state index contributed by atoms with van der Waals surface area (Å²) in [5, 5.41) is 0. The summed E-state index contributed by atoms with van der Waals surface area (Å²) >= 11 is 6.25. The maximum absolute atomic E-state index is 12.8. The van der Waals surface area contributed by atoms with Crippen LogP contribution in [0, 0.1) is 0 Å². The van der Waals surface area contributed by atoms with Gasteiger partial charge in [0.15, 0.2) is 0 Å². The van der Waals surface area contributed by atoms with Crippen LogP contribution in [0.4, 0.5) is 0 Å². The van der Waals surface area contributed by atoms with Crippen molar-refractivity contribution in [3.05, 3.63) is 0 Å². The molecule has 0 N–H and O–H groups in total. The molecular weight excluding hydrogens is 355 g/mol. The van der Waals surface area contributed by atoms with Gasteiger partial charge in [-0.2, -0.15) is 0 Å². The van der Waals surface area contributed by atoms with E-state index in [-0.39, 0.29) is 12.2 Å². The summed E-state index contributed by atoms with van der Waals surface area (Å²) in [7, 11) is 0. The van der Waals surface area contributed by atoms with Gasteiger partial charge in [-0.05, 0) is 25.7 Å². The lowest BCUT2D eigenvalue weighted by atomic mass is 9.99. The number of hydrogen-bond donors (Lipinski definition) is 0. The highest BCUT2D eigenvalue weighted by molar-refractivity contribution is 7.81. The van der Waals surface area contributed by atoms with Crippen molar-refractivity contribution in [3.63, 3.8) is 0 Å². The standard InChI is InChI=1S/C20H38ClO3P/c21-25(22,23-19-15-11-7-3-1-4-8-12-16-19)24-20-17-13-9-5-2-6-10-14-18-20/h19-20H,1-18H2. The minimum absolute atomic E-state index is 0.000895. The highest BCUT2D eigenvalue weighted by Gasteiger charge is 2.30. The van der Waals surface area contributed by atoms with Crippen LogP contribution in [0.3, 0.4) is 0 Å². The largest absolute Gasteiger partial charge is 0.424 e. The molecule has 0 heterocycles. The molecule has 0 radical (unpaired) electrons. The molecule has 0 amide bonds. The molecule has 2 aliphatic rings. The summed E-state index contributed by atoms with van der Waals surface area (Å²) in [6.07, 6.45) is 21.4. The van der Waals surface area contributed by atoms with Gasteiger partial charge in [-0.15, -0.1) is 0 Å². The molecule has 2 rings (SSSR count). The lowest BCUT2D eigenvalue weighted by Gasteiger charge is -2.25.